The van der Waals surface area contributed by atoms with Crippen LogP contribution in [0.1, 0.15) is 11.1 Å². The molecule has 0 aliphatic rings. The van der Waals surface area contributed by atoms with E-state index in [4.69, 9.17) is 5.11 Å². The second-order valence-corrected chi connectivity index (χ2v) is 5.56. The summed E-state index contributed by atoms with van der Waals surface area (Å²) in [5.41, 5.74) is 0.914. The first-order valence-corrected chi connectivity index (χ1v) is 6.29. The SMILES string of the molecule is Cc1ccc(F)cc1CS(=O)(=O)CC(=O)O. The Kier molecular flexibility index (Phi) is 3.64. The summed E-state index contributed by atoms with van der Waals surface area (Å²) in [5.74, 6) is -3.34. The molecule has 1 aromatic carbocycles. The van der Waals surface area contributed by atoms with Crippen molar-refractivity contribution in [2.45, 2.75) is 12.7 Å². The number of rotatable bonds is 4. The maximum absolute atomic E-state index is 12.9. The molecule has 0 fully saturated rings. The van der Waals surface area contributed by atoms with Gasteiger partial charge in [-0.3, -0.25) is 4.79 Å². The van der Waals surface area contributed by atoms with E-state index in [0.717, 1.165) is 6.07 Å². The van der Waals surface area contributed by atoms with Crippen LogP contribution in [-0.2, 0) is 20.4 Å². The molecule has 0 atom stereocenters. The number of halogens is 1. The van der Waals surface area contributed by atoms with Crippen molar-refractivity contribution in [3.8, 4) is 0 Å². The first-order chi connectivity index (χ1) is 7.30. The molecule has 16 heavy (non-hydrogen) atoms. The number of hydrogen-bond acceptors (Lipinski definition) is 3. The highest BCUT2D eigenvalue weighted by molar-refractivity contribution is 7.91. The number of sulfone groups is 1. The van der Waals surface area contributed by atoms with Gasteiger partial charge >= 0.3 is 5.97 Å². The molecule has 0 bridgehead atoms. The first-order valence-electron chi connectivity index (χ1n) is 4.47. The molecule has 0 aliphatic carbocycles. The molecule has 0 heterocycles. The summed E-state index contributed by atoms with van der Waals surface area (Å²) in [4.78, 5) is 10.3. The average Bonchev–Trinajstić information content (AvgIpc) is 2.08. The minimum atomic E-state index is -3.74. The van der Waals surface area contributed by atoms with Gasteiger partial charge in [0.25, 0.3) is 0 Å². The Morgan fingerprint density at radius 1 is 1.44 bits per heavy atom. The molecule has 0 aromatic heterocycles. The van der Waals surface area contributed by atoms with Gasteiger partial charge < -0.3 is 5.11 Å². The van der Waals surface area contributed by atoms with Crippen LogP contribution >= 0.6 is 0 Å². The summed E-state index contributed by atoms with van der Waals surface area (Å²) in [5, 5.41) is 8.40. The number of carboxylic acid groups (broad SMARTS) is 1. The Balaban J connectivity index is 2.96. The topological polar surface area (TPSA) is 71.4 Å². The summed E-state index contributed by atoms with van der Waals surface area (Å²) in [7, 11) is -3.74. The fraction of sp³-hybridized carbons (Fsp3) is 0.300. The molecule has 0 radical (unpaired) electrons. The lowest BCUT2D eigenvalue weighted by Crippen LogP contribution is -2.17. The lowest BCUT2D eigenvalue weighted by molar-refractivity contribution is -0.134. The Labute approximate surface area is 92.6 Å². The third-order valence-electron chi connectivity index (χ3n) is 2.03. The molecule has 1 aromatic rings. The second kappa shape index (κ2) is 4.61. The molecule has 4 nitrogen and oxygen atoms in total. The van der Waals surface area contributed by atoms with Gasteiger partial charge in [0.2, 0.25) is 0 Å². The van der Waals surface area contributed by atoms with E-state index in [9.17, 15) is 17.6 Å². The second-order valence-electron chi connectivity index (χ2n) is 3.50. The van der Waals surface area contributed by atoms with Gasteiger partial charge in [0.15, 0.2) is 9.84 Å². The molecule has 1 rings (SSSR count). The van der Waals surface area contributed by atoms with Crippen molar-refractivity contribution in [1.29, 1.82) is 0 Å². The summed E-state index contributed by atoms with van der Waals surface area (Å²) < 4.78 is 35.6. The average molecular weight is 246 g/mol. The first kappa shape index (κ1) is 12.6. The van der Waals surface area contributed by atoms with Crippen molar-refractivity contribution in [1.82, 2.24) is 0 Å². The van der Waals surface area contributed by atoms with Crippen molar-refractivity contribution < 1.29 is 22.7 Å². The van der Waals surface area contributed by atoms with Crippen LogP contribution in [0, 0.1) is 12.7 Å². The van der Waals surface area contributed by atoms with E-state index in [0.29, 0.717) is 11.1 Å². The van der Waals surface area contributed by atoms with Crippen LogP contribution in [0.15, 0.2) is 18.2 Å². The van der Waals surface area contributed by atoms with Crippen LogP contribution in [0.2, 0.25) is 0 Å². The molecule has 0 unspecified atom stereocenters. The van der Waals surface area contributed by atoms with Gasteiger partial charge in [-0.15, -0.1) is 0 Å². The van der Waals surface area contributed by atoms with Crippen LogP contribution in [0.4, 0.5) is 4.39 Å². The van der Waals surface area contributed by atoms with E-state index in [2.05, 4.69) is 0 Å². The third kappa shape index (κ3) is 3.62. The van der Waals surface area contributed by atoms with Crippen molar-refractivity contribution in [3.63, 3.8) is 0 Å². The largest absolute Gasteiger partial charge is 0.480 e. The number of aryl methyl sites for hydroxylation is 1. The molecule has 1 N–H and O–H groups in total. The molecule has 88 valence electrons. The molecular weight excluding hydrogens is 235 g/mol. The van der Waals surface area contributed by atoms with Crippen molar-refractivity contribution in [2.24, 2.45) is 0 Å². The molecule has 6 heteroatoms. The highest BCUT2D eigenvalue weighted by atomic mass is 32.2. The van der Waals surface area contributed by atoms with Crippen LogP contribution in [0.5, 0.6) is 0 Å². The molecule has 0 aliphatic heterocycles. The van der Waals surface area contributed by atoms with E-state index in [1.54, 1.807) is 6.92 Å². The predicted octanol–water partition coefficient (Wildman–Crippen LogP) is 1.13. The maximum atomic E-state index is 12.9. The van der Waals surface area contributed by atoms with E-state index < -0.39 is 33.1 Å². The monoisotopic (exact) mass is 246 g/mol. The van der Waals surface area contributed by atoms with Crippen LogP contribution in [0.25, 0.3) is 0 Å². The maximum Gasteiger partial charge on any atom is 0.318 e. The van der Waals surface area contributed by atoms with Gasteiger partial charge in [0.05, 0.1) is 5.75 Å². The zero-order valence-corrected chi connectivity index (χ0v) is 9.42. The Morgan fingerprint density at radius 2 is 2.06 bits per heavy atom. The number of carboxylic acids is 1. The molecule has 0 saturated heterocycles. The highest BCUT2D eigenvalue weighted by Crippen LogP contribution is 2.14. The highest BCUT2D eigenvalue weighted by Gasteiger charge is 2.17. The van der Waals surface area contributed by atoms with Crippen molar-refractivity contribution in [3.05, 3.63) is 35.1 Å². The molecule has 0 amide bonds. The molecule has 0 saturated carbocycles. The quantitative estimate of drug-likeness (QED) is 0.864. The van der Waals surface area contributed by atoms with E-state index in [1.807, 2.05) is 0 Å². The number of carbonyl (C=O) groups is 1. The number of benzene rings is 1. The smallest absolute Gasteiger partial charge is 0.318 e. The van der Waals surface area contributed by atoms with E-state index >= 15 is 0 Å². The van der Waals surface area contributed by atoms with Crippen LogP contribution in [0.3, 0.4) is 0 Å². The zero-order chi connectivity index (χ0) is 12.3. The van der Waals surface area contributed by atoms with Crippen LogP contribution < -0.4 is 0 Å². The third-order valence-corrected chi connectivity index (χ3v) is 3.47. The summed E-state index contributed by atoms with van der Waals surface area (Å²) >= 11 is 0. The summed E-state index contributed by atoms with van der Waals surface area (Å²) in [6, 6.07) is 3.79. The fourth-order valence-corrected chi connectivity index (χ4v) is 2.53. The predicted molar refractivity (Wildman–Crippen MR) is 56.3 cm³/mol. The fourth-order valence-electron chi connectivity index (χ4n) is 1.27. The normalized spacial score (nSPS) is 11.4. The lowest BCUT2D eigenvalue weighted by atomic mass is 10.1. The van der Waals surface area contributed by atoms with E-state index in [-0.39, 0.29) is 0 Å². The Bertz CT molecular complexity index is 508. The van der Waals surface area contributed by atoms with Gasteiger partial charge in [-0.1, -0.05) is 6.07 Å². The zero-order valence-electron chi connectivity index (χ0n) is 8.60. The minimum Gasteiger partial charge on any atom is -0.480 e. The summed E-state index contributed by atoms with van der Waals surface area (Å²) in [6.07, 6.45) is 0. The Morgan fingerprint density at radius 3 is 2.62 bits per heavy atom. The van der Waals surface area contributed by atoms with Crippen molar-refractivity contribution >= 4 is 15.8 Å². The standard InChI is InChI=1S/C10H11FO4S/c1-7-2-3-9(11)4-8(7)5-16(14,15)6-10(12)13/h2-4H,5-6H2,1H3,(H,12,13). The van der Waals surface area contributed by atoms with Gasteiger partial charge in [-0.25, -0.2) is 12.8 Å². The molecular formula is C10H11FO4S. The number of aliphatic carboxylic acids is 1. The number of hydrogen-bond donors (Lipinski definition) is 1. The van der Waals surface area contributed by atoms with Crippen LogP contribution in [-0.4, -0.2) is 25.2 Å². The van der Waals surface area contributed by atoms with E-state index in [1.165, 1.54) is 12.1 Å². The van der Waals surface area contributed by atoms with Gasteiger partial charge in [0, 0.05) is 0 Å². The van der Waals surface area contributed by atoms with Crippen molar-refractivity contribution in [2.75, 3.05) is 5.75 Å². The lowest BCUT2D eigenvalue weighted by Gasteiger charge is -2.05. The Hall–Kier alpha value is -1.43. The van der Waals surface area contributed by atoms with Gasteiger partial charge in [0.1, 0.15) is 11.6 Å². The minimum absolute atomic E-state index is 0.293. The van der Waals surface area contributed by atoms with Gasteiger partial charge in [-0.05, 0) is 30.2 Å². The summed E-state index contributed by atoms with van der Waals surface area (Å²) in [6.45, 7) is 1.64. The molecule has 0 spiro atoms. The van der Waals surface area contributed by atoms with Gasteiger partial charge in [-0.2, -0.15) is 0 Å².